The summed E-state index contributed by atoms with van der Waals surface area (Å²) in [7, 11) is 0. The number of rotatable bonds is 6. The van der Waals surface area contributed by atoms with E-state index in [1.54, 1.807) is 59.4 Å². The van der Waals surface area contributed by atoms with E-state index >= 15 is 0 Å². The quantitative estimate of drug-likeness (QED) is 0.416. The SMILES string of the molecule is O=C(c1ccccc1)c1cc(Cl)ccc1NC=Cc1nnnn1-c1ccc(Cl)cc1. The van der Waals surface area contributed by atoms with Crippen molar-refractivity contribution in [1.29, 1.82) is 0 Å². The number of nitrogens with zero attached hydrogens (tertiary/aromatic N) is 4. The summed E-state index contributed by atoms with van der Waals surface area (Å²) < 4.78 is 1.58. The summed E-state index contributed by atoms with van der Waals surface area (Å²) in [5.41, 5.74) is 2.44. The van der Waals surface area contributed by atoms with Crippen LogP contribution >= 0.6 is 23.2 Å². The minimum absolute atomic E-state index is 0.125. The van der Waals surface area contributed by atoms with Crippen molar-refractivity contribution in [3.63, 3.8) is 0 Å². The Morgan fingerprint density at radius 1 is 0.933 bits per heavy atom. The zero-order valence-electron chi connectivity index (χ0n) is 15.5. The number of hydrogen-bond acceptors (Lipinski definition) is 5. The molecule has 1 heterocycles. The van der Waals surface area contributed by atoms with E-state index in [1.807, 2.05) is 30.3 Å². The Balaban J connectivity index is 1.58. The highest BCUT2D eigenvalue weighted by atomic mass is 35.5. The lowest BCUT2D eigenvalue weighted by Crippen LogP contribution is -2.05. The van der Waals surface area contributed by atoms with Crippen molar-refractivity contribution >= 4 is 40.7 Å². The molecule has 0 unspecified atom stereocenters. The van der Waals surface area contributed by atoms with Gasteiger partial charge in [0.25, 0.3) is 0 Å². The van der Waals surface area contributed by atoms with Crippen molar-refractivity contribution in [3.05, 3.63) is 106 Å². The van der Waals surface area contributed by atoms with Crippen molar-refractivity contribution in [2.45, 2.75) is 0 Å². The number of nitrogens with one attached hydrogen (secondary N) is 1. The molecule has 6 nitrogen and oxygen atoms in total. The number of aromatic nitrogens is 4. The van der Waals surface area contributed by atoms with Gasteiger partial charge in [0.15, 0.2) is 11.6 Å². The molecule has 30 heavy (non-hydrogen) atoms. The summed E-state index contributed by atoms with van der Waals surface area (Å²) in [6.07, 6.45) is 3.38. The van der Waals surface area contributed by atoms with Crippen LogP contribution < -0.4 is 5.32 Å². The maximum absolute atomic E-state index is 12.9. The molecule has 0 bridgehead atoms. The zero-order chi connectivity index (χ0) is 20.9. The third-order valence-corrected chi connectivity index (χ3v) is 4.79. The Morgan fingerprint density at radius 2 is 1.67 bits per heavy atom. The second kappa shape index (κ2) is 8.90. The average Bonchev–Trinajstić information content (AvgIpc) is 3.24. The smallest absolute Gasteiger partial charge is 0.195 e. The lowest BCUT2D eigenvalue weighted by molar-refractivity contribution is 0.103. The topological polar surface area (TPSA) is 72.7 Å². The summed E-state index contributed by atoms with van der Waals surface area (Å²) >= 11 is 12.1. The van der Waals surface area contributed by atoms with Gasteiger partial charge in [-0.1, -0.05) is 53.5 Å². The molecule has 0 saturated carbocycles. The minimum Gasteiger partial charge on any atom is -0.361 e. The molecule has 0 amide bonds. The summed E-state index contributed by atoms with van der Waals surface area (Å²) in [6.45, 7) is 0. The van der Waals surface area contributed by atoms with Crippen LogP contribution in [0.3, 0.4) is 0 Å². The van der Waals surface area contributed by atoms with E-state index < -0.39 is 0 Å². The van der Waals surface area contributed by atoms with Crippen LogP contribution in [0.25, 0.3) is 11.8 Å². The molecule has 148 valence electrons. The molecule has 0 atom stereocenters. The third kappa shape index (κ3) is 4.40. The van der Waals surface area contributed by atoms with E-state index in [0.29, 0.717) is 32.7 Å². The summed E-state index contributed by atoms with van der Waals surface area (Å²) in [6, 6.07) is 21.3. The highest BCUT2D eigenvalue weighted by Gasteiger charge is 2.14. The van der Waals surface area contributed by atoms with Crippen LogP contribution in [0.5, 0.6) is 0 Å². The molecule has 4 aromatic rings. The standard InChI is InChI=1S/C22H15Cl2N5O/c23-16-6-9-18(10-7-16)29-21(26-27-28-29)12-13-25-20-11-8-17(24)14-19(20)22(30)15-4-2-1-3-5-15/h1-14,25H. The maximum Gasteiger partial charge on any atom is 0.195 e. The number of anilines is 1. The van der Waals surface area contributed by atoms with E-state index in [0.717, 1.165) is 5.69 Å². The van der Waals surface area contributed by atoms with Gasteiger partial charge in [0, 0.05) is 39.1 Å². The van der Waals surface area contributed by atoms with Gasteiger partial charge in [-0.3, -0.25) is 4.79 Å². The van der Waals surface area contributed by atoms with Gasteiger partial charge < -0.3 is 5.32 Å². The lowest BCUT2D eigenvalue weighted by Gasteiger charge is -2.09. The van der Waals surface area contributed by atoms with E-state index in [4.69, 9.17) is 23.2 Å². The fourth-order valence-electron chi connectivity index (χ4n) is 2.85. The first-order valence-electron chi connectivity index (χ1n) is 8.98. The van der Waals surface area contributed by atoms with Gasteiger partial charge in [0.1, 0.15) is 0 Å². The Bertz CT molecular complexity index is 1200. The highest BCUT2D eigenvalue weighted by molar-refractivity contribution is 6.31. The summed E-state index contributed by atoms with van der Waals surface area (Å²) in [5, 5.41) is 16.0. The predicted molar refractivity (Wildman–Crippen MR) is 118 cm³/mol. The number of carbonyl (C=O) groups is 1. The second-order valence-electron chi connectivity index (χ2n) is 6.29. The molecule has 0 aliphatic carbocycles. The number of carbonyl (C=O) groups excluding carboxylic acids is 1. The third-order valence-electron chi connectivity index (χ3n) is 4.30. The highest BCUT2D eigenvalue weighted by Crippen LogP contribution is 2.24. The van der Waals surface area contributed by atoms with Crippen molar-refractivity contribution < 1.29 is 4.79 Å². The molecule has 0 radical (unpaired) electrons. The van der Waals surface area contributed by atoms with Crippen LogP contribution in [0.15, 0.2) is 79.0 Å². The Morgan fingerprint density at radius 3 is 2.43 bits per heavy atom. The van der Waals surface area contributed by atoms with Crippen LogP contribution in [0.1, 0.15) is 21.7 Å². The molecule has 1 aromatic heterocycles. The Labute approximate surface area is 182 Å². The van der Waals surface area contributed by atoms with E-state index in [-0.39, 0.29) is 5.78 Å². The molecular formula is C22H15Cl2N5O. The van der Waals surface area contributed by atoms with Crippen molar-refractivity contribution in [3.8, 4) is 5.69 Å². The zero-order valence-corrected chi connectivity index (χ0v) is 17.0. The van der Waals surface area contributed by atoms with Gasteiger partial charge in [0.05, 0.1) is 5.69 Å². The average molecular weight is 436 g/mol. The molecule has 4 rings (SSSR count). The molecule has 1 N–H and O–H groups in total. The molecule has 0 spiro atoms. The fraction of sp³-hybridized carbons (Fsp3) is 0. The van der Waals surface area contributed by atoms with Crippen LogP contribution in [-0.2, 0) is 0 Å². The summed E-state index contributed by atoms with van der Waals surface area (Å²) in [5.74, 6) is 0.384. The first-order chi connectivity index (χ1) is 14.6. The van der Waals surface area contributed by atoms with Gasteiger partial charge in [-0.25, -0.2) is 0 Å². The molecule has 8 heteroatoms. The van der Waals surface area contributed by atoms with Crippen LogP contribution in [0.2, 0.25) is 10.0 Å². The molecule has 0 aliphatic rings. The van der Waals surface area contributed by atoms with E-state index in [2.05, 4.69) is 20.8 Å². The monoisotopic (exact) mass is 435 g/mol. The number of tetrazole rings is 1. The molecule has 0 aliphatic heterocycles. The second-order valence-corrected chi connectivity index (χ2v) is 7.16. The van der Waals surface area contributed by atoms with Gasteiger partial charge >= 0.3 is 0 Å². The molecule has 3 aromatic carbocycles. The fourth-order valence-corrected chi connectivity index (χ4v) is 3.14. The van der Waals surface area contributed by atoms with Crippen LogP contribution in [-0.4, -0.2) is 26.0 Å². The van der Waals surface area contributed by atoms with Gasteiger partial charge in [-0.2, -0.15) is 4.68 Å². The van der Waals surface area contributed by atoms with E-state index in [9.17, 15) is 4.79 Å². The number of benzene rings is 3. The molecule has 0 fully saturated rings. The normalized spacial score (nSPS) is 11.0. The minimum atomic E-state index is -0.125. The van der Waals surface area contributed by atoms with Gasteiger partial charge in [-0.15, -0.1) is 5.10 Å². The van der Waals surface area contributed by atoms with Crippen LogP contribution in [0, 0.1) is 0 Å². The van der Waals surface area contributed by atoms with Crippen molar-refractivity contribution in [1.82, 2.24) is 20.2 Å². The maximum atomic E-state index is 12.9. The Kier molecular flexibility index (Phi) is 5.88. The first-order valence-corrected chi connectivity index (χ1v) is 9.74. The number of ketones is 1. The van der Waals surface area contributed by atoms with E-state index in [1.165, 1.54) is 0 Å². The lowest BCUT2D eigenvalue weighted by atomic mass is 10.0. The Hall–Kier alpha value is -3.48. The predicted octanol–water partition coefficient (Wildman–Crippen LogP) is 5.28. The van der Waals surface area contributed by atoms with Gasteiger partial charge in [0.2, 0.25) is 0 Å². The molecule has 0 saturated heterocycles. The van der Waals surface area contributed by atoms with Gasteiger partial charge in [-0.05, 0) is 52.9 Å². The first kappa shape index (κ1) is 19.8. The van der Waals surface area contributed by atoms with Crippen molar-refractivity contribution in [2.24, 2.45) is 0 Å². The van der Waals surface area contributed by atoms with Crippen LogP contribution in [0.4, 0.5) is 5.69 Å². The number of halogens is 2. The molecular weight excluding hydrogens is 421 g/mol. The van der Waals surface area contributed by atoms with Crippen molar-refractivity contribution in [2.75, 3.05) is 5.32 Å². The largest absolute Gasteiger partial charge is 0.361 e. The summed E-state index contributed by atoms with van der Waals surface area (Å²) in [4.78, 5) is 12.9. The number of hydrogen-bond donors (Lipinski definition) is 1.